The molecule has 0 fully saturated rings. The lowest BCUT2D eigenvalue weighted by Crippen LogP contribution is -2.60. The highest BCUT2D eigenvalue weighted by atomic mass is 35.5. The quantitative estimate of drug-likeness (QED) is 0.0519. The van der Waals surface area contributed by atoms with Crippen molar-refractivity contribution in [3.8, 4) is 5.75 Å². The van der Waals surface area contributed by atoms with Gasteiger partial charge >= 0.3 is 5.97 Å². The minimum Gasteiger partial charge on any atom is -0.508 e. The molecule has 5 rings (SSSR count). The Morgan fingerprint density at radius 1 is 0.651 bits per heavy atom. The molecule has 3 aromatic carbocycles. The molecule has 330 valence electrons. The number of amides is 6. The van der Waals surface area contributed by atoms with E-state index in [2.05, 4.69) is 41.9 Å². The van der Waals surface area contributed by atoms with Crippen LogP contribution in [0.4, 0.5) is 0 Å². The van der Waals surface area contributed by atoms with Gasteiger partial charge in [0, 0.05) is 80.6 Å². The van der Waals surface area contributed by atoms with Crippen LogP contribution in [0.1, 0.15) is 42.0 Å². The van der Waals surface area contributed by atoms with E-state index in [0.29, 0.717) is 32.8 Å². The first kappa shape index (κ1) is 46.8. The van der Waals surface area contributed by atoms with Crippen LogP contribution in [0.3, 0.4) is 0 Å². The minimum atomic E-state index is -1.48. The number of carbonyl (C=O) groups is 7. The van der Waals surface area contributed by atoms with Gasteiger partial charge in [-0.1, -0.05) is 66.2 Å². The monoisotopic (exact) mass is 880 g/mol. The molecule has 5 atom stereocenters. The molecule has 5 aromatic rings. The summed E-state index contributed by atoms with van der Waals surface area (Å²) < 4.78 is 0. The number of fused-ring (bicyclic) bond motifs is 1. The Morgan fingerprint density at radius 3 is 1.76 bits per heavy atom. The predicted octanol–water partition coefficient (Wildman–Crippen LogP) is 2.25. The molecule has 2 heterocycles. The van der Waals surface area contributed by atoms with E-state index >= 15 is 0 Å². The molecule has 0 saturated heterocycles. The Morgan fingerprint density at radius 2 is 1.19 bits per heavy atom. The van der Waals surface area contributed by atoms with E-state index in [4.69, 9.17) is 11.6 Å². The summed E-state index contributed by atoms with van der Waals surface area (Å²) in [6.07, 6.45) is 3.76. The van der Waals surface area contributed by atoms with E-state index in [1.165, 1.54) is 26.1 Å². The number of rotatable bonds is 21. The number of benzene rings is 3. The third-order valence-corrected chi connectivity index (χ3v) is 10.3. The van der Waals surface area contributed by atoms with Crippen molar-refractivity contribution in [3.63, 3.8) is 0 Å². The zero-order valence-corrected chi connectivity index (χ0v) is 35.3. The maximum atomic E-state index is 14.3. The number of aromatic nitrogens is 2. The second kappa shape index (κ2) is 22.5. The van der Waals surface area contributed by atoms with Gasteiger partial charge in [0.25, 0.3) is 0 Å². The molecule has 9 N–H and O–H groups in total. The zero-order chi connectivity index (χ0) is 45.5. The number of pyridine rings is 1. The van der Waals surface area contributed by atoms with Gasteiger partial charge in [-0.15, -0.1) is 0 Å². The second-order valence-corrected chi connectivity index (χ2v) is 15.3. The maximum absolute atomic E-state index is 14.3. The Bertz CT molecular complexity index is 2400. The van der Waals surface area contributed by atoms with E-state index in [-0.39, 0.29) is 37.9 Å². The van der Waals surface area contributed by atoms with E-state index < -0.39 is 78.0 Å². The number of halogens is 1. The summed E-state index contributed by atoms with van der Waals surface area (Å²) in [6.45, 7) is 1.25. The Kier molecular flexibility index (Phi) is 16.7. The third-order valence-electron chi connectivity index (χ3n) is 10.1. The van der Waals surface area contributed by atoms with Crippen molar-refractivity contribution in [3.05, 3.63) is 131 Å². The highest BCUT2D eigenvalue weighted by Crippen LogP contribution is 2.23. The number of phenolic OH excluding ortho intramolecular Hbond substituents is 1. The number of nitrogens with zero attached hydrogens (tertiary/aromatic N) is 1. The van der Waals surface area contributed by atoms with Gasteiger partial charge < -0.3 is 47.1 Å². The van der Waals surface area contributed by atoms with Crippen LogP contribution in [-0.4, -0.2) is 98.9 Å². The van der Waals surface area contributed by atoms with Gasteiger partial charge in [0.05, 0.1) is 0 Å². The molecular weight excluding hydrogens is 832 g/mol. The van der Waals surface area contributed by atoms with Crippen LogP contribution in [0, 0.1) is 0 Å². The number of aromatic hydroxyl groups is 1. The smallest absolute Gasteiger partial charge is 0.303 e. The topological polar surface area (TPSA) is 261 Å². The molecular formula is C45H49ClN8O9. The Labute approximate surface area is 367 Å². The van der Waals surface area contributed by atoms with E-state index in [0.717, 1.165) is 5.39 Å². The molecule has 0 saturated carbocycles. The summed E-state index contributed by atoms with van der Waals surface area (Å²) in [4.78, 5) is 101. The molecule has 0 aliphatic rings. The molecule has 0 aliphatic carbocycles. The van der Waals surface area contributed by atoms with Gasteiger partial charge in [0.1, 0.15) is 36.0 Å². The van der Waals surface area contributed by atoms with Gasteiger partial charge in [-0.25, -0.2) is 0 Å². The largest absolute Gasteiger partial charge is 0.508 e. The average Bonchev–Trinajstić information content (AvgIpc) is 3.65. The lowest BCUT2D eigenvalue weighted by Gasteiger charge is -2.27. The van der Waals surface area contributed by atoms with Gasteiger partial charge in [-0.05, 0) is 59.0 Å². The van der Waals surface area contributed by atoms with Crippen LogP contribution in [0.15, 0.2) is 104 Å². The predicted molar refractivity (Wildman–Crippen MR) is 233 cm³/mol. The first-order valence-corrected chi connectivity index (χ1v) is 20.4. The molecule has 0 spiro atoms. The van der Waals surface area contributed by atoms with Crippen molar-refractivity contribution in [2.75, 3.05) is 7.05 Å². The van der Waals surface area contributed by atoms with Gasteiger partial charge in [-0.3, -0.25) is 38.5 Å². The van der Waals surface area contributed by atoms with E-state index in [9.17, 15) is 43.8 Å². The fourth-order valence-corrected chi connectivity index (χ4v) is 7.07. The first-order chi connectivity index (χ1) is 30.2. The molecule has 63 heavy (non-hydrogen) atoms. The average molecular weight is 881 g/mol. The number of carboxylic acids is 1. The number of phenols is 1. The Balaban J connectivity index is 1.41. The Hall–Kier alpha value is -7.27. The zero-order valence-electron chi connectivity index (χ0n) is 34.5. The fourth-order valence-electron chi connectivity index (χ4n) is 6.90. The summed E-state index contributed by atoms with van der Waals surface area (Å²) in [6, 6.07) is 16.7. The maximum Gasteiger partial charge on any atom is 0.303 e. The minimum absolute atomic E-state index is 0.0263. The van der Waals surface area contributed by atoms with Crippen molar-refractivity contribution >= 4 is 63.9 Å². The molecule has 17 nitrogen and oxygen atoms in total. The summed E-state index contributed by atoms with van der Waals surface area (Å²) >= 11 is 6.14. The number of aliphatic carboxylic acids is 1. The van der Waals surface area contributed by atoms with Crippen LogP contribution < -0.4 is 31.9 Å². The van der Waals surface area contributed by atoms with Crippen molar-refractivity contribution in [2.24, 2.45) is 0 Å². The number of H-pyrrole nitrogens is 1. The highest BCUT2D eigenvalue weighted by Gasteiger charge is 2.33. The number of hydrogen-bond donors (Lipinski definition) is 9. The fraction of sp³-hybridized carbons (Fsp3) is 0.289. The number of carbonyl (C=O) groups excluding carboxylic acids is 6. The molecule has 0 radical (unpaired) electrons. The van der Waals surface area contributed by atoms with E-state index in [1.807, 2.05) is 0 Å². The van der Waals surface area contributed by atoms with Crippen LogP contribution in [0.5, 0.6) is 5.75 Å². The second-order valence-electron chi connectivity index (χ2n) is 14.9. The van der Waals surface area contributed by atoms with Crippen LogP contribution in [0.25, 0.3) is 10.9 Å². The van der Waals surface area contributed by atoms with Gasteiger partial charge in [0.2, 0.25) is 35.4 Å². The SMILES string of the molecule is CNC(=O)[C@H](Cc1c[nH]c2cc(Cl)ccc12)NC(=O)[C@H](CCC(=O)O)NC(=O)[C@H](Cc1ccccc1)NC(=O)[C@H](Cc1ccc(O)cc1)NC(=O)[C@H](Cc1cccnc1)NC(C)=O. The van der Waals surface area contributed by atoms with Crippen LogP contribution in [-0.2, 0) is 59.2 Å². The third kappa shape index (κ3) is 14.1. The summed E-state index contributed by atoms with van der Waals surface area (Å²) in [5, 5.41) is 36.6. The number of carboxylic acid groups (broad SMARTS) is 1. The molecule has 0 bridgehead atoms. The van der Waals surface area contributed by atoms with Crippen molar-refractivity contribution < 1.29 is 43.8 Å². The molecule has 18 heteroatoms. The number of hydrogen-bond acceptors (Lipinski definition) is 9. The number of likely N-dealkylation sites (N-methyl/N-ethyl adjacent to an activating group) is 1. The lowest BCUT2D eigenvalue weighted by atomic mass is 10.0. The molecule has 0 unspecified atom stereocenters. The van der Waals surface area contributed by atoms with Crippen molar-refractivity contribution in [1.82, 2.24) is 41.9 Å². The summed E-state index contributed by atoms with van der Waals surface area (Å²) in [7, 11) is 1.40. The summed E-state index contributed by atoms with van der Waals surface area (Å²) in [5.41, 5.74) is 3.18. The highest BCUT2D eigenvalue weighted by molar-refractivity contribution is 6.31. The van der Waals surface area contributed by atoms with Crippen molar-refractivity contribution in [2.45, 2.75) is 75.7 Å². The van der Waals surface area contributed by atoms with E-state index in [1.54, 1.807) is 91.4 Å². The lowest BCUT2D eigenvalue weighted by molar-refractivity contribution is -0.138. The normalized spacial score (nSPS) is 13.3. The standard InChI is InChI=1S/C45H49ClN8O9/c1-26(55)50-36(21-29-9-6-18-48-24-29)43(61)52-38(20-28-10-13-32(56)14-11-28)45(63)53-37(19-27-7-4-3-5-8-27)44(62)51-34(16-17-40(57)58)42(60)54-39(41(59)47-2)22-30-25-49-35-23-31(46)12-15-33(30)35/h3-15,18,23-25,34,36-39,49,56H,16-17,19-22H2,1-2H3,(H,47,59)(H,50,55)(H,51,62)(H,52,61)(H,53,63)(H,54,60)(H,57,58)/t34-,36-,37-,38-,39-/m0/s1. The number of nitrogens with one attached hydrogen (secondary N) is 7. The van der Waals surface area contributed by atoms with Gasteiger partial charge in [0.15, 0.2) is 0 Å². The molecule has 0 aliphatic heterocycles. The van der Waals surface area contributed by atoms with Crippen LogP contribution >= 0.6 is 11.6 Å². The molecule has 6 amide bonds. The molecule has 2 aromatic heterocycles. The first-order valence-electron chi connectivity index (χ1n) is 20.1. The summed E-state index contributed by atoms with van der Waals surface area (Å²) in [5.74, 6) is -5.53. The number of aromatic amines is 1. The van der Waals surface area contributed by atoms with Gasteiger partial charge in [-0.2, -0.15) is 0 Å². The van der Waals surface area contributed by atoms with Crippen LogP contribution in [0.2, 0.25) is 5.02 Å². The van der Waals surface area contributed by atoms with Crippen molar-refractivity contribution in [1.29, 1.82) is 0 Å².